The van der Waals surface area contributed by atoms with Crippen molar-refractivity contribution in [2.45, 2.75) is 45.8 Å². The van der Waals surface area contributed by atoms with Crippen LogP contribution in [0.4, 0.5) is 0 Å². The van der Waals surface area contributed by atoms with Gasteiger partial charge >= 0.3 is 0 Å². The van der Waals surface area contributed by atoms with Gasteiger partial charge in [-0.2, -0.15) is 0 Å². The molecule has 2 N–H and O–H groups in total. The summed E-state index contributed by atoms with van der Waals surface area (Å²) in [5, 5.41) is 7.92. The van der Waals surface area contributed by atoms with Crippen molar-refractivity contribution in [2.24, 2.45) is 10.9 Å². The molecule has 0 spiro atoms. The fourth-order valence-corrected chi connectivity index (χ4v) is 4.15. The van der Waals surface area contributed by atoms with E-state index >= 15 is 0 Å². The van der Waals surface area contributed by atoms with Crippen molar-refractivity contribution in [3.63, 3.8) is 0 Å². The first-order valence-electron chi connectivity index (χ1n) is 9.92. The highest BCUT2D eigenvalue weighted by Crippen LogP contribution is 2.33. The molecule has 1 aliphatic heterocycles. The van der Waals surface area contributed by atoms with E-state index in [1.807, 2.05) is 6.20 Å². The first-order chi connectivity index (χ1) is 13.3. The molecule has 2 atom stereocenters. The summed E-state index contributed by atoms with van der Waals surface area (Å²) in [6.45, 7) is 7.39. The number of nitrogens with zero attached hydrogens (tertiary/aromatic N) is 2. The highest BCUT2D eigenvalue weighted by Gasteiger charge is 2.27. The van der Waals surface area contributed by atoms with Crippen molar-refractivity contribution in [2.75, 3.05) is 19.7 Å². The average molecular weight is 514 g/mol. The summed E-state index contributed by atoms with van der Waals surface area (Å²) in [5.41, 5.74) is 1.26. The van der Waals surface area contributed by atoms with E-state index in [9.17, 15) is 0 Å². The van der Waals surface area contributed by atoms with E-state index in [2.05, 4.69) is 59.8 Å². The van der Waals surface area contributed by atoms with Crippen LogP contribution in [0.25, 0.3) is 0 Å². The zero-order valence-electron chi connectivity index (χ0n) is 16.7. The second-order valence-corrected chi connectivity index (χ2v) is 7.95. The second kappa shape index (κ2) is 12.4. The van der Waals surface area contributed by atoms with Crippen molar-refractivity contribution >= 4 is 41.3 Å². The third-order valence-electron chi connectivity index (χ3n) is 4.77. The van der Waals surface area contributed by atoms with Crippen LogP contribution in [-0.4, -0.2) is 30.6 Å². The van der Waals surface area contributed by atoms with Crippen LogP contribution < -0.4 is 10.6 Å². The number of aliphatic imine (C=N–C) groups is 1. The molecule has 0 bridgehead atoms. The quantitative estimate of drug-likeness (QED) is 0.324. The topological polar surface area (TPSA) is 58.5 Å². The number of thiazole rings is 1. The van der Waals surface area contributed by atoms with Crippen LogP contribution >= 0.6 is 35.3 Å². The largest absolute Gasteiger partial charge is 0.373 e. The third-order valence-corrected chi connectivity index (χ3v) is 5.90. The van der Waals surface area contributed by atoms with Gasteiger partial charge in [0.2, 0.25) is 0 Å². The standard InChI is InChI=1S/C21H30N4OS.HI/c1-3-18-14-23-19(27-18)15-25-21(22-4-2)24-13-17-11-8-12-26-20(17)16-9-6-5-7-10-16;/h5-7,9-10,14,17,20H,3-4,8,11-13,15H2,1-2H3,(H2,22,24,25);1H. The number of aromatic nitrogens is 1. The maximum Gasteiger partial charge on any atom is 0.191 e. The molecule has 5 nitrogen and oxygen atoms in total. The fourth-order valence-electron chi connectivity index (χ4n) is 3.36. The van der Waals surface area contributed by atoms with Crippen molar-refractivity contribution in [1.29, 1.82) is 0 Å². The Bertz CT molecular complexity index is 722. The van der Waals surface area contributed by atoms with Gasteiger partial charge in [-0.1, -0.05) is 37.3 Å². The van der Waals surface area contributed by atoms with Gasteiger partial charge in [-0.3, -0.25) is 0 Å². The van der Waals surface area contributed by atoms with Crippen LogP contribution in [0.3, 0.4) is 0 Å². The van der Waals surface area contributed by atoms with Crippen LogP contribution in [0.5, 0.6) is 0 Å². The average Bonchev–Trinajstić information content (AvgIpc) is 3.19. The molecule has 154 valence electrons. The van der Waals surface area contributed by atoms with Gasteiger partial charge in [-0.05, 0) is 31.7 Å². The fraction of sp³-hybridized carbons (Fsp3) is 0.524. The molecule has 0 saturated carbocycles. The van der Waals surface area contributed by atoms with Gasteiger partial charge in [0, 0.05) is 36.7 Å². The summed E-state index contributed by atoms with van der Waals surface area (Å²) < 4.78 is 6.10. The van der Waals surface area contributed by atoms with E-state index in [-0.39, 0.29) is 30.1 Å². The van der Waals surface area contributed by atoms with Crippen LogP contribution in [-0.2, 0) is 17.7 Å². The molecule has 3 rings (SSSR count). The lowest BCUT2D eigenvalue weighted by atomic mass is 9.89. The zero-order valence-corrected chi connectivity index (χ0v) is 19.8. The maximum atomic E-state index is 6.10. The number of aryl methyl sites for hydroxylation is 1. The Hall–Kier alpha value is -1.19. The van der Waals surface area contributed by atoms with Crippen LogP contribution in [0.1, 0.15) is 48.2 Å². The van der Waals surface area contributed by atoms with Crippen molar-refractivity contribution in [3.05, 3.63) is 52.0 Å². The van der Waals surface area contributed by atoms with Crippen LogP contribution in [0.15, 0.2) is 41.5 Å². The van der Waals surface area contributed by atoms with E-state index in [0.717, 1.165) is 49.9 Å². The van der Waals surface area contributed by atoms with Gasteiger partial charge in [0.25, 0.3) is 0 Å². The third kappa shape index (κ3) is 6.70. The first-order valence-corrected chi connectivity index (χ1v) is 10.7. The molecular formula is C21H31IN4OS. The zero-order chi connectivity index (χ0) is 18.9. The molecule has 0 amide bonds. The van der Waals surface area contributed by atoms with Crippen LogP contribution in [0, 0.1) is 5.92 Å². The Morgan fingerprint density at radius 2 is 2.07 bits per heavy atom. The summed E-state index contributed by atoms with van der Waals surface area (Å²) >= 11 is 1.74. The van der Waals surface area contributed by atoms with Gasteiger partial charge in [0.1, 0.15) is 5.01 Å². The SMILES string of the molecule is CCNC(=NCc1ncc(CC)s1)NCC1CCCOC1c1ccccc1.I. The molecular weight excluding hydrogens is 483 g/mol. The van der Waals surface area contributed by atoms with Crippen molar-refractivity contribution in [1.82, 2.24) is 15.6 Å². The van der Waals surface area contributed by atoms with Crippen molar-refractivity contribution in [3.8, 4) is 0 Å². The summed E-state index contributed by atoms with van der Waals surface area (Å²) in [7, 11) is 0. The monoisotopic (exact) mass is 514 g/mol. The highest BCUT2D eigenvalue weighted by atomic mass is 127. The molecule has 1 fully saturated rings. The lowest BCUT2D eigenvalue weighted by molar-refractivity contribution is -0.0265. The van der Waals surface area contributed by atoms with E-state index in [1.165, 1.54) is 10.4 Å². The summed E-state index contributed by atoms with van der Waals surface area (Å²) in [4.78, 5) is 10.5. The number of halogens is 1. The van der Waals surface area contributed by atoms with Gasteiger partial charge in [0.15, 0.2) is 5.96 Å². The Balaban J connectivity index is 0.00000280. The molecule has 7 heteroatoms. The predicted octanol–water partition coefficient (Wildman–Crippen LogP) is 4.55. The van der Waals surface area contributed by atoms with Gasteiger partial charge in [-0.25, -0.2) is 9.98 Å². The Morgan fingerprint density at radius 3 is 2.79 bits per heavy atom. The first kappa shape index (κ1) is 23.1. The summed E-state index contributed by atoms with van der Waals surface area (Å²) in [6.07, 6.45) is 5.42. The van der Waals surface area contributed by atoms with Gasteiger partial charge in [0.05, 0.1) is 12.6 Å². The Morgan fingerprint density at radius 1 is 1.25 bits per heavy atom. The second-order valence-electron chi connectivity index (χ2n) is 6.75. The normalized spacial score (nSPS) is 19.7. The molecule has 1 saturated heterocycles. The lowest BCUT2D eigenvalue weighted by Crippen LogP contribution is -2.42. The maximum absolute atomic E-state index is 6.10. The summed E-state index contributed by atoms with van der Waals surface area (Å²) in [5.74, 6) is 1.29. The minimum Gasteiger partial charge on any atom is -0.373 e. The van der Waals surface area contributed by atoms with Crippen molar-refractivity contribution < 1.29 is 4.74 Å². The molecule has 1 aliphatic rings. The lowest BCUT2D eigenvalue weighted by Gasteiger charge is -2.32. The Kier molecular flexibility index (Phi) is 10.2. The minimum atomic E-state index is 0. The van der Waals surface area contributed by atoms with Gasteiger partial charge < -0.3 is 15.4 Å². The highest BCUT2D eigenvalue weighted by molar-refractivity contribution is 14.0. The molecule has 1 aromatic carbocycles. The number of benzene rings is 1. The smallest absolute Gasteiger partial charge is 0.191 e. The molecule has 2 aromatic rings. The molecule has 1 aromatic heterocycles. The minimum absolute atomic E-state index is 0. The summed E-state index contributed by atoms with van der Waals surface area (Å²) in [6, 6.07) is 10.5. The number of guanidine groups is 1. The number of hydrogen-bond donors (Lipinski definition) is 2. The van der Waals surface area contributed by atoms with Crippen LogP contribution in [0.2, 0.25) is 0 Å². The predicted molar refractivity (Wildman–Crippen MR) is 128 cm³/mol. The number of rotatable bonds is 7. The van der Waals surface area contributed by atoms with Gasteiger partial charge in [-0.15, -0.1) is 35.3 Å². The number of nitrogens with one attached hydrogen (secondary N) is 2. The number of hydrogen-bond acceptors (Lipinski definition) is 4. The van der Waals surface area contributed by atoms with E-state index in [0.29, 0.717) is 12.5 Å². The molecule has 28 heavy (non-hydrogen) atoms. The van der Waals surface area contributed by atoms with E-state index in [4.69, 9.17) is 9.73 Å². The molecule has 2 unspecified atom stereocenters. The molecule has 0 radical (unpaired) electrons. The molecule has 2 heterocycles. The Labute approximate surface area is 189 Å². The van der Waals surface area contributed by atoms with E-state index < -0.39 is 0 Å². The molecule has 0 aliphatic carbocycles. The number of ether oxygens (including phenoxy) is 1. The van der Waals surface area contributed by atoms with E-state index in [1.54, 1.807) is 11.3 Å².